The van der Waals surface area contributed by atoms with Crippen LogP contribution in [0.25, 0.3) is 10.4 Å². The van der Waals surface area contributed by atoms with E-state index in [9.17, 15) is 9.18 Å². The zero-order valence-corrected chi connectivity index (χ0v) is 13.1. The van der Waals surface area contributed by atoms with Crippen molar-refractivity contribution in [2.75, 3.05) is 6.54 Å². The fourth-order valence-electron chi connectivity index (χ4n) is 2.19. The summed E-state index contributed by atoms with van der Waals surface area (Å²) in [5.41, 5.74) is 2.05. The van der Waals surface area contributed by atoms with E-state index in [0.29, 0.717) is 17.8 Å². The molecule has 0 atom stereocenters. The van der Waals surface area contributed by atoms with Gasteiger partial charge in [-0.05, 0) is 53.9 Å². The number of benzene rings is 1. The van der Waals surface area contributed by atoms with Gasteiger partial charge in [0, 0.05) is 23.8 Å². The minimum absolute atomic E-state index is 0.0857. The molecule has 0 fully saturated rings. The van der Waals surface area contributed by atoms with Crippen molar-refractivity contribution < 1.29 is 9.18 Å². The van der Waals surface area contributed by atoms with E-state index < -0.39 is 0 Å². The lowest BCUT2D eigenvalue weighted by molar-refractivity contribution is 0.0958. The number of halogens is 1. The fraction of sp³-hybridized carbons (Fsp3) is 0.111. The van der Waals surface area contributed by atoms with Crippen molar-refractivity contribution in [1.82, 2.24) is 10.3 Å². The highest BCUT2D eigenvalue weighted by Gasteiger charge is 2.09. The SMILES string of the molecule is O=C(NCCc1ccc(F)cc1)c1ccc(-c2ccncc2)s1. The molecule has 3 rings (SSSR count). The van der Waals surface area contributed by atoms with E-state index in [1.165, 1.54) is 23.5 Å². The number of aromatic nitrogens is 1. The summed E-state index contributed by atoms with van der Waals surface area (Å²) in [5, 5.41) is 2.89. The molecule has 1 amide bonds. The maximum atomic E-state index is 12.8. The Hall–Kier alpha value is -2.53. The van der Waals surface area contributed by atoms with Crippen LogP contribution in [0.2, 0.25) is 0 Å². The predicted octanol–water partition coefficient (Wildman–Crippen LogP) is 3.92. The first-order valence-electron chi connectivity index (χ1n) is 7.25. The van der Waals surface area contributed by atoms with Gasteiger partial charge in [0.25, 0.3) is 5.91 Å². The molecule has 23 heavy (non-hydrogen) atoms. The summed E-state index contributed by atoms with van der Waals surface area (Å²) in [6.45, 7) is 0.521. The van der Waals surface area contributed by atoms with Crippen LogP contribution in [0.3, 0.4) is 0 Å². The highest BCUT2D eigenvalue weighted by atomic mass is 32.1. The van der Waals surface area contributed by atoms with Crippen molar-refractivity contribution in [3.8, 4) is 10.4 Å². The zero-order valence-electron chi connectivity index (χ0n) is 12.3. The first-order valence-corrected chi connectivity index (χ1v) is 8.07. The molecule has 0 bridgehead atoms. The molecule has 1 aromatic carbocycles. The highest BCUT2D eigenvalue weighted by Crippen LogP contribution is 2.27. The second-order valence-electron chi connectivity index (χ2n) is 5.03. The zero-order chi connectivity index (χ0) is 16.1. The molecular formula is C18H15FN2OS. The fourth-order valence-corrected chi connectivity index (χ4v) is 3.12. The molecule has 0 radical (unpaired) electrons. The van der Waals surface area contributed by atoms with Crippen molar-refractivity contribution in [3.05, 3.63) is 77.2 Å². The maximum absolute atomic E-state index is 12.8. The number of carbonyl (C=O) groups is 1. The molecule has 0 aliphatic rings. The Morgan fingerprint density at radius 1 is 1.04 bits per heavy atom. The lowest BCUT2D eigenvalue weighted by Gasteiger charge is -2.04. The molecule has 116 valence electrons. The Morgan fingerprint density at radius 3 is 2.52 bits per heavy atom. The molecule has 3 nitrogen and oxygen atoms in total. The summed E-state index contributed by atoms with van der Waals surface area (Å²) in [6, 6.07) is 13.9. The van der Waals surface area contributed by atoms with Crippen LogP contribution in [0.15, 0.2) is 60.9 Å². The quantitative estimate of drug-likeness (QED) is 0.772. The van der Waals surface area contributed by atoms with Gasteiger partial charge in [-0.2, -0.15) is 0 Å². The minimum Gasteiger partial charge on any atom is -0.351 e. The molecular weight excluding hydrogens is 311 g/mol. The second kappa shape index (κ2) is 7.15. The van der Waals surface area contributed by atoms with Crippen LogP contribution in [0, 0.1) is 5.82 Å². The van der Waals surface area contributed by atoms with Gasteiger partial charge in [0.15, 0.2) is 0 Å². The summed E-state index contributed by atoms with van der Waals surface area (Å²) in [4.78, 5) is 17.9. The van der Waals surface area contributed by atoms with Gasteiger partial charge in [-0.1, -0.05) is 12.1 Å². The molecule has 2 aromatic heterocycles. The van der Waals surface area contributed by atoms with Gasteiger partial charge in [0.2, 0.25) is 0 Å². The standard InChI is InChI=1S/C18H15FN2OS/c19-15-3-1-13(2-4-15)7-12-21-18(22)17-6-5-16(23-17)14-8-10-20-11-9-14/h1-6,8-11H,7,12H2,(H,21,22). The molecule has 2 heterocycles. The molecule has 5 heteroatoms. The molecule has 0 spiro atoms. The van der Waals surface area contributed by atoms with Gasteiger partial charge in [-0.3, -0.25) is 9.78 Å². The monoisotopic (exact) mass is 326 g/mol. The van der Waals surface area contributed by atoms with Crippen molar-refractivity contribution in [1.29, 1.82) is 0 Å². The van der Waals surface area contributed by atoms with Gasteiger partial charge >= 0.3 is 0 Å². The van der Waals surface area contributed by atoms with E-state index in [0.717, 1.165) is 16.0 Å². The number of pyridine rings is 1. The Labute approximate surface area is 137 Å². The Kier molecular flexibility index (Phi) is 4.78. The molecule has 0 saturated carbocycles. The molecule has 1 N–H and O–H groups in total. The van der Waals surface area contributed by atoms with Crippen LogP contribution in [0.1, 0.15) is 15.2 Å². The van der Waals surface area contributed by atoms with Crippen molar-refractivity contribution in [2.45, 2.75) is 6.42 Å². The number of hydrogen-bond donors (Lipinski definition) is 1. The van der Waals surface area contributed by atoms with E-state index >= 15 is 0 Å². The van der Waals surface area contributed by atoms with Gasteiger partial charge < -0.3 is 5.32 Å². The molecule has 0 saturated heterocycles. The lowest BCUT2D eigenvalue weighted by Crippen LogP contribution is -2.24. The first-order chi connectivity index (χ1) is 11.2. The smallest absolute Gasteiger partial charge is 0.261 e. The summed E-state index contributed by atoms with van der Waals surface area (Å²) < 4.78 is 12.8. The van der Waals surface area contributed by atoms with Crippen molar-refractivity contribution in [2.24, 2.45) is 0 Å². The van der Waals surface area contributed by atoms with Gasteiger partial charge in [-0.25, -0.2) is 4.39 Å². The Morgan fingerprint density at radius 2 is 1.78 bits per heavy atom. The number of amides is 1. The van der Waals surface area contributed by atoms with Gasteiger partial charge in [-0.15, -0.1) is 11.3 Å². The third-order valence-electron chi connectivity index (χ3n) is 3.41. The van der Waals surface area contributed by atoms with Gasteiger partial charge in [0.05, 0.1) is 4.88 Å². The van der Waals surface area contributed by atoms with Crippen molar-refractivity contribution in [3.63, 3.8) is 0 Å². The van der Waals surface area contributed by atoms with Crippen LogP contribution >= 0.6 is 11.3 Å². The molecule has 0 unspecified atom stereocenters. The third kappa shape index (κ3) is 4.02. The van der Waals surface area contributed by atoms with Crippen LogP contribution in [0.5, 0.6) is 0 Å². The maximum Gasteiger partial charge on any atom is 0.261 e. The average Bonchev–Trinajstić information content (AvgIpc) is 3.07. The van der Waals surface area contributed by atoms with Crippen LogP contribution < -0.4 is 5.32 Å². The molecule has 3 aromatic rings. The number of rotatable bonds is 5. The minimum atomic E-state index is -0.250. The van der Waals surface area contributed by atoms with Crippen LogP contribution in [-0.4, -0.2) is 17.4 Å². The number of nitrogens with one attached hydrogen (secondary N) is 1. The third-order valence-corrected chi connectivity index (χ3v) is 4.54. The van der Waals surface area contributed by atoms with Crippen LogP contribution in [-0.2, 0) is 6.42 Å². The summed E-state index contributed by atoms with van der Waals surface area (Å²) in [5.74, 6) is -0.336. The second-order valence-corrected chi connectivity index (χ2v) is 6.12. The average molecular weight is 326 g/mol. The first kappa shape index (κ1) is 15.4. The summed E-state index contributed by atoms with van der Waals surface area (Å²) >= 11 is 1.45. The lowest BCUT2D eigenvalue weighted by atomic mass is 10.1. The molecule has 0 aliphatic carbocycles. The van der Waals surface area contributed by atoms with E-state index in [1.54, 1.807) is 24.5 Å². The number of carbonyl (C=O) groups excluding carboxylic acids is 1. The van der Waals surface area contributed by atoms with Gasteiger partial charge in [0.1, 0.15) is 5.82 Å². The predicted molar refractivity (Wildman–Crippen MR) is 90.0 cm³/mol. The Bertz CT molecular complexity index is 784. The normalized spacial score (nSPS) is 10.5. The van der Waals surface area contributed by atoms with E-state index in [-0.39, 0.29) is 11.7 Å². The number of nitrogens with zero attached hydrogens (tertiary/aromatic N) is 1. The van der Waals surface area contributed by atoms with E-state index in [4.69, 9.17) is 0 Å². The summed E-state index contributed by atoms with van der Waals surface area (Å²) in [6.07, 6.45) is 4.14. The Balaban J connectivity index is 1.56. The van der Waals surface area contributed by atoms with E-state index in [2.05, 4.69) is 10.3 Å². The largest absolute Gasteiger partial charge is 0.351 e. The topological polar surface area (TPSA) is 42.0 Å². The number of thiophene rings is 1. The van der Waals surface area contributed by atoms with Crippen molar-refractivity contribution >= 4 is 17.2 Å². The number of hydrogen-bond acceptors (Lipinski definition) is 3. The van der Waals surface area contributed by atoms with Crippen LogP contribution in [0.4, 0.5) is 4.39 Å². The highest BCUT2D eigenvalue weighted by molar-refractivity contribution is 7.17. The summed E-state index contributed by atoms with van der Waals surface area (Å²) in [7, 11) is 0. The van der Waals surface area contributed by atoms with E-state index in [1.807, 2.05) is 24.3 Å². The molecule has 0 aliphatic heterocycles.